The van der Waals surface area contributed by atoms with E-state index in [0.717, 1.165) is 44.0 Å². The summed E-state index contributed by atoms with van der Waals surface area (Å²) in [4.78, 5) is 16.8. The third-order valence-corrected chi connectivity index (χ3v) is 5.21. The molecule has 0 N–H and O–H groups in total. The van der Waals surface area contributed by atoms with Crippen LogP contribution in [0.3, 0.4) is 0 Å². The van der Waals surface area contributed by atoms with Crippen molar-refractivity contribution in [1.82, 2.24) is 19.6 Å². The summed E-state index contributed by atoms with van der Waals surface area (Å²) >= 11 is 0. The van der Waals surface area contributed by atoms with Gasteiger partial charge < -0.3 is 4.90 Å². The lowest BCUT2D eigenvalue weighted by atomic mass is 10.0. The molecular formula is C22H30N4O. The lowest BCUT2D eigenvalue weighted by Crippen LogP contribution is -2.47. The van der Waals surface area contributed by atoms with Crippen molar-refractivity contribution in [1.29, 1.82) is 0 Å². The second-order valence-electron chi connectivity index (χ2n) is 7.67. The average molecular weight is 367 g/mol. The third-order valence-electron chi connectivity index (χ3n) is 5.21. The van der Waals surface area contributed by atoms with Crippen molar-refractivity contribution < 1.29 is 4.79 Å². The Bertz CT molecular complexity index is 796. The fraction of sp³-hybridized carbons (Fsp3) is 0.455. The molecule has 27 heavy (non-hydrogen) atoms. The highest BCUT2D eigenvalue weighted by Gasteiger charge is 2.20. The van der Waals surface area contributed by atoms with Gasteiger partial charge in [0.05, 0.1) is 5.69 Å². The first kappa shape index (κ1) is 19.4. The van der Waals surface area contributed by atoms with Crippen molar-refractivity contribution in [3.63, 3.8) is 0 Å². The van der Waals surface area contributed by atoms with Crippen LogP contribution in [0.2, 0.25) is 0 Å². The highest BCUT2D eigenvalue weighted by Crippen LogP contribution is 2.16. The summed E-state index contributed by atoms with van der Waals surface area (Å²) in [6.45, 7) is 10.7. The molecule has 0 atom stereocenters. The SMILES string of the molecule is Cc1nn(C)cc1CN1CCN(C(=O)/C=C/c2ccc(C(C)C)cc2)CC1. The van der Waals surface area contributed by atoms with E-state index in [0.29, 0.717) is 5.92 Å². The molecule has 0 aliphatic carbocycles. The van der Waals surface area contributed by atoms with Crippen LogP contribution < -0.4 is 0 Å². The minimum absolute atomic E-state index is 0.0974. The second kappa shape index (κ2) is 8.53. The second-order valence-corrected chi connectivity index (χ2v) is 7.67. The molecular weight excluding hydrogens is 336 g/mol. The minimum Gasteiger partial charge on any atom is -0.337 e. The molecule has 5 nitrogen and oxygen atoms in total. The highest BCUT2D eigenvalue weighted by atomic mass is 16.2. The Balaban J connectivity index is 1.50. The van der Waals surface area contributed by atoms with Crippen LogP contribution in [-0.4, -0.2) is 51.7 Å². The van der Waals surface area contributed by atoms with Crippen molar-refractivity contribution in [3.05, 3.63) is 58.9 Å². The van der Waals surface area contributed by atoms with Crippen molar-refractivity contribution >= 4 is 12.0 Å². The van der Waals surface area contributed by atoms with Gasteiger partial charge in [-0.2, -0.15) is 5.10 Å². The predicted molar refractivity (Wildman–Crippen MR) is 109 cm³/mol. The Morgan fingerprint density at radius 3 is 2.37 bits per heavy atom. The van der Waals surface area contributed by atoms with Crippen molar-refractivity contribution in [2.24, 2.45) is 7.05 Å². The van der Waals surface area contributed by atoms with Crippen LogP contribution in [0.5, 0.6) is 0 Å². The van der Waals surface area contributed by atoms with Crippen molar-refractivity contribution in [2.75, 3.05) is 26.2 Å². The molecule has 0 bridgehead atoms. The number of piperazine rings is 1. The quantitative estimate of drug-likeness (QED) is 0.763. The van der Waals surface area contributed by atoms with E-state index >= 15 is 0 Å². The van der Waals surface area contributed by atoms with Gasteiger partial charge in [-0.05, 0) is 30.0 Å². The standard InChI is InChI=1S/C22H30N4O/c1-17(2)20-8-5-19(6-9-20)7-10-22(27)26-13-11-25(12-14-26)16-21-15-24(4)23-18(21)3/h5-10,15,17H,11-14,16H2,1-4H3/b10-7+. The van der Waals surface area contributed by atoms with Crippen molar-refractivity contribution in [3.8, 4) is 0 Å². The van der Waals surface area contributed by atoms with E-state index in [1.165, 1.54) is 11.1 Å². The molecule has 0 radical (unpaired) electrons. The maximum absolute atomic E-state index is 12.5. The van der Waals surface area contributed by atoms with Gasteiger partial charge in [-0.25, -0.2) is 0 Å². The van der Waals surface area contributed by atoms with Crippen LogP contribution in [0.1, 0.15) is 42.1 Å². The molecule has 2 heterocycles. The molecule has 1 amide bonds. The number of amides is 1. The molecule has 1 saturated heterocycles. The molecule has 5 heteroatoms. The van der Waals surface area contributed by atoms with Gasteiger partial charge in [0, 0.05) is 57.6 Å². The van der Waals surface area contributed by atoms with Gasteiger partial charge in [0.25, 0.3) is 0 Å². The number of aryl methyl sites for hydroxylation is 2. The Morgan fingerprint density at radius 2 is 1.81 bits per heavy atom. The monoisotopic (exact) mass is 366 g/mol. The van der Waals surface area contributed by atoms with E-state index in [-0.39, 0.29) is 5.91 Å². The number of hydrogen-bond donors (Lipinski definition) is 0. The van der Waals surface area contributed by atoms with Gasteiger partial charge in [-0.1, -0.05) is 38.1 Å². The van der Waals surface area contributed by atoms with Crippen LogP contribution in [0.4, 0.5) is 0 Å². The fourth-order valence-electron chi connectivity index (χ4n) is 3.44. The number of carbonyl (C=O) groups is 1. The Hall–Kier alpha value is -2.40. The third kappa shape index (κ3) is 5.07. The first-order valence-electron chi connectivity index (χ1n) is 9.71. The molecule has 0 spiro atoms. The molecule has 1 aromatic heterocycles. The van der Waals surface area contributed by atoms with E-state index in [4.69, 9.17) is 0 Å². The van der Waals surface area contributed by atoms with Crippen LogP contribution in [0.25, 0.3) is 6.08 Å². The summed E-state index contributed by atoms with van der Waals surface area (Å²) in [6, 6.07) is 8.42. The normalized spacial score (nSPS) is 15.8. The van der Waals surface area contributed by atoms with E-state index < -0.39 is 0 Å². The van der Waals surface area contributed by atoms with Crippen LogP contribution in [0.15, 0.2) is 36.5 Å². The number of nitrogens with zero attached hydrogens (tertiary/aromatic N) is 4. The summed E-state index contributed by atoms with van der Waals surface area (Å²) in [7, 11) is 1.95. The zero-order valence-corrected chi connectivity index (χ0v) is 16.9. The van der Waals surface area contributed by atoms with Gasteiger partial charge in [0.15, 0.2) is 0 Å². The molecule has 144 valence electrons. The maximum atomic E-state index is 12.5. The van der Waals surface area contributed by atoms with Gasteiger partial charge >= 0.3 is 0 Å². The summed E-state index contributed by atoms with van der Waals surface area (Å²) in [5.74, 6) is 0.622. The molecule has 0 unspecified atom stereocenters. The van der Waals surface area contributed by atoms with Gasteiger partial charge in [-0.3, -0.25) is 14.4 Å². The summed E-state index contributed by atoms with van der Waals surface area (Å²) < 4.78 is 1.86. The van der Waals surface area contributed by atoms with E-state index in [1.54, 1.807) is 6.08 Å². The number of aromatic nitrogens is 2. The van der Waals surface area contributed by atoms with Crippen molar-refractivity contribution in [2.45, 2.75) is 33.2 Å². The number of benzene rings is 1. The Morgan fingerprint density at radius 1 is 1.15 bits per heavy atom. The Kier molecular flexibility index (Phi) is 6.11. The van der Waals surface area contributed by atoms with Gasteiger partial charge in [0.2, 0.25) is 5.91 Å². The van der Waals surface area contributed by atoms with E-state index in [9.17, 15) is 4.79 Å². The molecule has 1 aromatic carbocycles. The summed E-state index contributed by atoms with van der Waals surface area (Å²) in [5.41, 5.74) is 4.74. The minimum atomic E-state index is 0.0974. The molecule has 3 rings (SSSR count). The predicted octanol–water partition coefficient (Wildman–Crippen LogP) is 3.21. The van der Waals surface area contributed by atoms with Gasteiger partial charge in [-0.15, -0.1) is 0 Å². The van der Waals surface area contributed by atoms with E-state index in [2.05, 4.69) is 54.3 Å². The smallest absolute Gasteiger partial charge is 0.246 e. The highest BCUT2D eigenvalue weighted by molar-refractivity contribution is 5.91. The first-order valence-corrected chi connectivity index (χ1v) is 9.71. The van der Waals surface area contributed by atoms with Crippen LogP contribution >= 0.6 is 0 Å². The van der Waals surface area contributed by atoms with E-state index in [1.807, 2.05) is 29.6 Å². The summed E-state index contributed by atoms with van der Waals surface area (Å²) in [6.07, 6.45) is 5.70. The lowest BCUT2D eigenvalue weighted by Gasteiger charge is -2.34. The first-order chi connectivity index (χ1) is 12.9. The fourth-order valence-corrected chi connectivity index (χ4v) is 3.44. The number of carbonyl (C=O) groups excluding carboxylic acids is 1. The van der Waals surface area contributed by atoms with Crippen LogP contribution in [-0.2, 0) is 18.4 Å². The topological polar surface area (TPSA) is 41.4 Å². The largest absolute Gasteiger partial charge is 0.337 e. The lowest BCUT2D eigenvalue weighted by molar-refractivity contribution is -0.127. The molecule has 1 fully saturated rings. The Labute approximate surface area is 162 Å². The summed E-state index contributed by atoms with van der Waals surface area (Å²) in [5, 5.41) is 4.40. The number of rotatable bonds is 5. The zero-order valence-electron chi connectivity index (χ0n) is 16.9. The molecule has 1 aliphatic heterocycles. The molecule has 1 aliphatic rings. The maximum Gasteiger partial charge on any atom is 0.246 e. The van der Waals surface area contributed by atoms with Crippen LogP contribution in [0, 0.1) is 6.92 Å². The zero-order chi connectivity index (χ0) is 19.4. The molecule has 2 aromatic rings. The number of hydrogen-bond acceptors (Lipinski definition) is 3. The molecule has 0 saturated carbocycles. The average Bonchev–Trinajstić information content (AvgIpc) is 2.97. The van der Waals surface area contributed by atoms with Gasteiger partial charge in [0.1, 0.15) is 0 Å².